The summed E-state index contributed by atoms with van der Waals surface area (Å²) in [5, 5.41) is 1.07. The topological polar surface area (TPSA) is 22.1 Å². The van der Waals surface area contributed by atoms with E-state index in [1.807, 2.05) is 19.1 Å². The molecule has 1 aromatic carbocycles. The van der Waals surface area contributed by atoms with Crippen molar-refractivity contribution in [3.8, 4) is 5.75 Å². The summed E-state index contributed by atoms with van der Waals surface area (Å²) in [5.74, 6) is 0.830. The number of thiazole rings is 1. The summed E-state index contributed by atoms with van der Waals surface area (Å²) in [6.45, 7) is 5.89. The van der Waals surface area contributed by atoms with Gasteiger partial charge in [0.25, 0.3) is 0 Å². The number of hydrogen-bond donors (Lipinski definition) is 0. The third-order valence-corrected chi connectivity index (χ3v) is 2.83. The first-order valence-corrected chi connectivity index (χ1v) is 4.79. The molecule has 1 heterocycles. The lowest BCUT2D eigenvalue weighted by atomic mass is 10.2. The quantitative estimate of drug-likeness (QED) is 0.693. The maximum Gasteiger partial charge on any atom is 0.123 e. The van der Waals surface area contributed by atoms with Gasteiger partial charge in [0.05, 0.1) is 22.3 Å². The predicted octanol–water partition coefficient (Wildman–Crippen LogP) is 2.80. The fourth-order valence-corrected chi connectivity index (χ4v) is 2.14. The molecule has 0 N–H and O–H groups in total. The molecule has 67 valence electrons. The van der Waals surface area contributed by atoms with Crippen LogP contribution in [0, 0.1) is 13.8 Å². The Kier molecular flexibility index (Phi) is 1.96. The lowest BCUT2D eigenvalue weighted by molar-refractivity contribution is 0.414. The van der Waals surface area contributed by atoms with Gasteiger partial charge < -0.3 is 4.74 Å². The Morgan fingerprint density at radius 1 is 1.46 bits per heavy atom. The number of ether oxygens (including phenoxy) is 1. The molecule has 0 fully saturated rings. The van der Waals surface area contributed by atoms with Gasteiger partial charge in [-0.15, -0.1) is 11.3 Å². The summed E-state index contributed by atoms with van der Waals surface area (Å²) in [5.41, 5.74) is 1.90. The first kappa shape index (κ1) is 8.51. The van der Waals surface area contributed by atoms with Crippen LogP contribution in [0.25, 0.3) is 10.2 Å². The number of fused-ring (bicyclic) bond motifs is 1. The molecule has 0 bridgehead atoms. The van der Waals surface area contributed by atoms with E-state index in [1.54, 1.807) is 18.4 Å². The molecule has 0 saturated carbocycles. The largest absolute Gasteiger partial charge is 0.496 e. The minimum Gasteiger partial charge on any atom is -0.496 e. The molecule has 0 saturated heterocycles. The fraction of sp³-hybridized carbons (Fsp3) is 0.200. The predicted molar refractivity (Wildman–Crippen MR) is 55.4 cm³/mol. The van der Waals surface area contributed by atoms with E-state index in [1.165, 1.54) is 0 Å². The van der Waals surface area contributed by atoms with Crippen molar-refractivity contribution < 1.29 is 4.74 Å². The molecule has 0 atom stereocenters. The van der Waals surface area contributed by atoms with Crippen molar-refractivity contribution in [2.45, 2.75) is 6.92 Å². The van der Waals surface area contributed by atoms with Gasteiger partial charge >= 0.3 is 0 Å². The van der Waals surface area contributed by atoms with E-state index in [0.717, 1.165) is 26.5 Å². The number of aromatic nitrogens is 1. The van der Waals surface area contributed by atoms with Crippen molar-refractivity contribution in [3.05, 3.63) is 29.6 Å². The number of aryl methyl sites for hydroxylation is 1. The van der Waals surface area contributed by atoms with E-state index in [4.69, 9.17) is 4.74 Å². The highest BCUT2D eigenvalue weighted by Crippen LogP contribution is 2.28. The minimum atomic E-state index is 0.830. The zero-order valence-electron chi connectivity index (χ0n) is 7.63. The third kappa shape index (κ3) is 1.40. The zero-order chi connectivity index (χ0) is 9.42. The lowest BCUT2D eigenvalue weighted by Crippen LogP contribution is -1.85. The van der Waals surface area contributed by atoms with Crippen LogP contribution in [0.1, 0.15) is 10.6 Å². The van der Waals surface area contributed by atoms with Gasteiger partial charge in [-0.2, -0.15) is 0 Å². The average molecular weight is 192 g/mol. The van der Waals surface area contributed by atoms with Crippen LogP contribution in [0.3, 0.4) is 0 Å². The average Bonchev–Trinajstić information content (AvgIpc) is 2.42. The summed E-state index contributed by atoms with van der Waals surface area (Å²) in [7, 11) is 1.66. The highest BCUT2D eigenvalue weighted by molar-refractivity contribution is 7.18. The smallest absolute Gasteiger partial charge is 0.123 e. The van der Waals surface area contributed by atoms with Crippen LogP contribution >= 0.6 is 11.3 Å². The van der Waals surface area contributed by atoms with Crippen LogP contribution in [0.5, 0.6) is 5.75 Å². The molecule has 1 aromatic heterocycles. The van der Waals surface area contributed by atoms with Gasteiger partial charge in [0, 0.05) is 0 Å². The number of benzene rings is 1. The number of rotatable bonds is 1. The van der Waals surface area contributed by atoms with E-state index >= 15 is 0 Å². The van der Waals surface area contributed by atoms with Crippen LogP contribution in [-0.4, -0.2) is 12.1 Å². The van der Waals surface area contributed by atoms with Crippen LogP contribution < -0.4 is 4.74 Å². The van der Waals surface area contributed by atoms with Gasteiger partial charge in [0.1, 0.15) is 5.75 Å². The van der Waals surface area contributed by atoms with Gasteiger partial charge in [0.2, 0.25) is 0 Å². The molecule has 0 aliphatic rings. The number of hydrogen-bond acceptors (Lipinski definition) is 3. The fourth-order valence-electron chi connectivity index (χ4n) is 1.30. The van der Waals surface area contributed by atoms with E-state index in [9.17, 15) is 0 Å². The van der Waals surface area contributed by atoms with Crippen molar-refractivity contribution in [1.82, 2.24) is 4.98 Å². The molecule has 1 radical (unpaired) electrons. The molecule has 0 amide bonds. The van der Waals surface area contributed by atoms with E-state index < -0.39 is 0 Å². The van der Waals surface area contributed by atoms with Crippen molar-refractivity contribution in [1.29, 1.82) is 0 Å². The Morgan fingerprint density at radius 3 is 2.92 bits per heavy atom. The zero-order valence-corrected chi connectivity index (χ0v) is 8.44. The van der Waals surface area contributed by atoms with Crippen molar-refractivity contribution in [3.63, 3.8) is 0 Å². The Labute approximate surface area is 81.2 Å². The molecule has 2 aromatic rings. The van der Waals surface area contributed by atoms with Crippen molar-refractivity contribution in [2.75, 3.05) is 7.11 Å². The Morgan fingerprint density at radius 2 is 2.23 bits per heavy atom. The molecule has 13 heavy (non-hydrogen) atoms. The third-order valence-electron chi connectivity index (χ3n) is 1.90. The van der Waals surface area contributed by atoms with Gasteiger partial charge in [0.15, 0.2) is 0 Å². The van der Waals surface area contributed by atoms with E-state index in [2.05, 4.69) is 11.9 Å². The highest BCUT2D eigenvalue weighted by Gasteiger charge is 2.04. The van der Waals surface area contributed by atoms with Crippen LogP contribution in [0.4, 0.5) is 0 Å². The second-order valence-corrected chi connectivity index (χ2v) is 4.10. The SMILES string of the molecule is [CH2]c1cc2nc(C)sc2cc1OC. The summed E-state index contributed by atoms with van der Waals surface area (Å²) in [4.78, 5) is 4.37. The van der Waals surface area contributed by atoms with Gasteiger partial charge in [-0.3, -0.25) is 0 Å². The molecule has 0 unspecified atom stereocenters. The molecular weight excluding hydrogens is 182 g/mol. The Bertz CT molecular complexity index is 447. The molecule has 0 aliphatic carbocycles. The van der Waals surface area contributed by atoms with Crippen LogP contribution in [0.2, 0.25) is 0 Å². The maximum atomic E-state index is 5.18. The Hall–Kier alpha value is -1.09. The van der Waals surface area contributed by atoms with Gasteiger partial charge in [-0.05, 0) is 31.5 Å². The first-order valence-electron chi connectivity index (χ1n) is 3.98. The molecule has 0 aliphatic heterocycles. The molecule has 3 heteroatoms. The summed E-state index contributed by atoms with van der Waals surface area (Å²) in [6.07, 6.45) is 0. The molecule has 0 spiro atoms. The van der Waals surface area contributed by atoms with Crippen molar-refractivity contribution >= 4 is 21.6 Å². The lowest BCUT2D eigenvalue weighted by Gasteiger charge is -2.02. The molecule has 2 nitrogen and oxygen atoms in total. The highest BCUT2D eigenvalue weighted by atomic mass is 32.1. The van der Waals surface area contributed by atoms with Crippen molar-refractivity contribution in [2.24, 2.45) is 0 Å². The second-order valence-electron chi connectivity index (χ2n) is 2.86. The summed E-state index contributed by atoms with van der Waals surface area (Å²) in [6, 6.07) is 3.94. The molecule has 2 rings (SSSR count). The van der Waals surface area contributed by atoms with Crippen LogP contribution in [-0.2, 0) is 0 Å². The standard InChI is InChI=1S/C10H10NOS/c1-6-4-8-10(5-9(6)12-3)13-7(2)11-8/h4-5H,1H2,2-3H3. The normalized spacial score (nSPS) is 10.7. The van der Waals surface area contributed by atoms with E-state index in [-0.39, 0.29) is 0 Å². The summed E-state index contributed by atoms with van der Waals surface area (Å²) < 4.78 is 6.33. The van der Waals surface area contributed by atoms with Crippen LogP contribution in [0.15, 0.2) is 12.1 Å². The number of methoxy groups -OCH3 is 1. The monoisotopic (exact) mass is 192 g/mol. The van der Waals surface area contributed by atoms with E-state index in [0.29, 0.717) is 0 Å². The van der Waals surface area contributed by atoms with Gasteiger partial charge in [-0.1, -0.05) is 0 Å². The first-order chi connectivity index (χ1) is 6.20. The minimum absolute atomic E-state index is 0.830. The molecular formula is C10H10NOS. The Balaban J connectivity index is 2.72. The van der Waals surface area contributed by atoms with Gasteiger partial charge in [-0.25, -0.2) is 4.98 Å². The summed E-state index contributed by atoms with van der Waals surface area (Å²) >= 11 is 1.67. The second kappa shape index (κ2) is 3.00. The maximum absolute atomic E-state index is 5.18. The number of nitrogens with zero attached hydrogens (tertiary/aromatic N) is 1.